The van der Waals surface area contributed by atoms with Crippen LogP contribution in [-0.2, 0) is 0 Å². The summed E-state index contributed by atoms with van der Waals surface area (Å²) in [6.45, 7) is 0.889. The predicted octanol–water partition coefficient (Wildman–Crippen LogP) is 7.26. The lowest BCUT2D eigenvalue weighted by atomic mass is 10.2. The van der Waals surface area contributed by atoms with E-state index in [0.29, 0.717) is 21.0 Å². The molecule has 3 aromatic heterocycles. The van der Waals surface area contributed by atoms with E-state index < -0.39 is 0 Å². The van der Waals surface area contributed by atoms with Gasteiger partial charge in [0, 0.05) is 47.6 Å². The molecule has 0 radical (unpaired) electrons. The summed E-state index contributed by atoms with van der Waals surface area (Å²) in [6, 6.07) is 16.4. The van der Waals surface area contributed by atoms with Crippen molar-refractivity contribution < 1.29 is 9.47 Å². The van der Waals surface area contributed by atoms with Gasteiger partial charge in [0.25, 0.3) is 0 Å². The molecule has 0 fully saturated rings. The van der Waals surface area contributed by atoms with Crippen LogP contribution in [-0.4, -0.2) is 46.7 Å². The highest BCUT2D eigenvalue weighted by atomic mass is 35.5. The average Bonchev–Trinajstić information content (AvgIpc) is 3.66. The fourth-order valence-electron chi connectivity index (χ4n) is 3.37. The second-order valence-electron chi connectivity index (χ2n) is 7.55. The smallest absolute Gasteiger partial charge is 0.155 e. The SMILES string of the molecule is C1=CCN=C1.COc1ccc2c(Cl)cc(-n3cccn3)nc2c1.COc1ccc2c(Cl)cc(Cl)nc2c1. The van der Waals surface area contributed by atoms with Gasteiger partial charge in [0.05, 0.1) is 41.8 Å². The third-order valence-corrected chi connectivity index (χ3v) is 5.98. The fourth-order valence-corrected chi connectivity index (χ4v) is 4.14. The molecule has 0 aliphatic carbocycles. The minimum absolute atomic E-state index is 0.385. The highest BCUT2D eigenvalue weighted by Crippen LogP contribution is 2.28. The molecule has 1 aliphatic rings. The molecule has 4 heterocycles. The lowest BCUT2D eigenvalue weighted by Crippen LogP contribution is -1.98. The molecular weight excluding hydrogens is 533 g/mol. The van der Waals surface area contributed by atoms with E-state index in [1.165, 1.54) is 0 Å². The van der Waals surface area contributed by atoms with Gasteiger partial charge in [0.2, 0.25) is 0 Å². The first kappa shape index (κ1) is 26.4. The minimum atomic E-state index is 0.385. The number of allylic oxidation sites excluding steroid dienone is 1. The summed E-state index contributed by atoms with van der Waals surface area (Å²) in [5.41, 5.74) is 1.52. The third kappa shape index (κ3) is 6.77. The monoisotopic (exact) mass is 553 g/mol. The number of aliphatic imine (C=N–C) groups is 1. The van der Waals surface area contributed by atoms with Gasteiger partial charge in [-0.2, -0.15) is 5.10 Å². The molecule has 0 unspecified atom stereocenters. The normalized spacial score (nSPS) is 11.6. The number of hydrogen-bond acceptors (Lipinski definition) is 6. The maximum atomic E-state index is 6.25. The van der Waals surface area contributed by atoms with Crippen molar-refractivity contribution in [3.8, 4) is 17.3 Å². The van der Waals surface area contributed by atoms with Crippen LogP contribution in [0.3, 0.4) is 0 Å². The summed E-state index contributed by atoms with van der Waals surface area (Å²) in [7, 11) is 3.23. The van der Waals surface area contributed by atoms with E-state index in [0.717, 1.165) is 39.8 Å². The number of ether oxygens (including phenoxy) is 2. The number of halogens is 3. The van der Waals surface area contributed by atoms with E-state index in [1.54, 1.807) is 49.5 Å². The van der Waals surface area contributed by atoms with E-state index in [-0.39, 0.29) is 0 Å². The minimum Gasteiger partial charge on any atom is -0.497 e. The topological polar surface area (TPSA) is 74.4 Å². The average molecular weight is 555 g/mol. The zero-order valence-corrected chi connectivity index (χ0v) is 22.2. The van der Waals surface area contributed by atoms with Gasteiger partial charge in [0.15, 0.2) is 5.82 Å². The molecule has 0 amide bonds. The Bertz CT molecular complexity index is 1560. The molecule has 10 heteroatoms. The summed E-state index contributed by atoms with van der Waals surface area (Å²) < 4.78 is 11.9. The summed E-state index contributed by atoms with van der Waals surface area (Å²) >= 11 is 18.0. The van der Waals surface area contributed by atoms with Crippen molar-refractivity contribution in [1.82, 2.24) is 19.7 Å². The summed E-state index contributed by atoms with van der Waals surface area (Å²) in [5, 5.41) is 7.54. The second-order valence-corrected chi connectivity index (χ2v) is 8.75. The lowest BCUT2D eigenvalue weighted by Gasteiger charge is -2.06. The number of methoxy groups -OCH3 is 2. The summed E-state index contributed by atoms with van der Waals surface area (Å²) in [5.74, 6) is 2.18. The Kier molecular flexibility index (Phi) is 8.95. The number of nitrogens with zero attached hydrogens (tertiary/aromatic N) is 5. The van der Waals surface area contributed by atoms with Gasteiger partial charge < -0.3 is 9.47 Å². The van der Waals surface area contributed by atoms with Crippen LogP contribution >= 0.6 is 34.8 Å². The van der Waals surface area contributed by atoms with Gasteiger partial charge in [-0.1, -0.05) is 40.9 Å². The van der Waals surface area contributed by atoms with Crippen LogP contribution in [0.15, 0.2) is 84.1 Å². The molecule has 0 spiro atoms. The molecule has 6 rings (SSSR count). The van der Waals surface area contributed by atoms with Gasteiger partial charge in [-0.15, -0.1) is 0 Å². The van der Waals surface area contributed by atoms with Crippen molar-refractivity contribution in [1.29, 1.82) is 0 Å². The van der Waals surface area contributed by atoms with E-state index in [4.69, 9.17) is 44.3 Å². The van der Waals surface area contributed by atoms with Crippen molar-refractivity contribution in [2.24, 2.45) is 4.99 Å². The molecule has 0 N–H and O–H groups in total. The van der Waals surface area contributed by atoms with Crippen molar-refractivity contribution >= 4 is 62.8 Å². The van der Waals surface area contributed by atoms with E-state index in [2.05, 4.69) is 20.1 Å². The molecule has 0 saturated carbocycles. The highest BCUT2D eigenvalue weighted by molar-refractivity contribution is 6.37. The summed E-state index contributed by atoms with van der Waals surface area (Å²) in [4.78, 5) is 12.5. The van der Waals surface area contributed by atoms with Gasteiger partial charge in [-0.05, 0) is 42.5 Å². The molecule has 2 aromatic carbocycles. The lowest BCUT2D eigenvalue weighted by molar-refractivity contribution is 0.415. The number of fused-ring (bicyclic) bond motifs is 2. The standard InChI is InChI=1S/C13H10ClN3O.C10H7Cl2NO.C4H5N/c1-18-9-3-4-10-11(14)8-13(16-12(10)7-9)17-6-2-5-15-17;1-14-6-2-3-7-8(11)5-10(12)13-9(7)4-6;1-2-4-5-3-1/h2-8H,1H3;2-5H,1H3;1-3H,4H2. The second kappa shape index (κ2) is 12.5. The Morgan fingerprint density at radius 3 is 1.97 bits per heavy atom. The number of hydrogen-bond donors (Lipinski definition) is 0. The molecule has 188 valence electrons. The van der Waals surface area contributed by atoms with Gasteiger partial charge in [0.1, 0.15) is 16.7 Å². The first-order chi connectivity index (χ1) is 18.0. The third-order valence-electron chi connectivity index (χ3n) is 5.17. The van der Waals surface area contributed by atoms with Crippen molar-refractivity contribution in [3.63, 3.8) is 0 Å². The Hall–Kier alpha value is -3.65. The molecule has 0 atom stereocenters. The number of rotatable bonds is 3. The Morgan fingerprint density at radius 1 is 0.811 bits per heavy atom. The zero-order chi connectivity index (χ0) is 26.2. The molecule has 37 heavy (non-hydrogen) atoms. The van der Waals surface area contributed by atoms with E-state index >= 15 is 0 Å². The van der Waals surface area contributed by atoms with E-state index in [9.17, 15) is 0 Å². The van der Waals surface area contributed by atoms with Crippen LogP contribution in [0.1, 0.15) is 0 Å². The van der Waals surface area contributed by atoms with Crippen LogP contribution in [0.5, 0.6) is 11.5 Å². The maximum Gasteiger partial charge on any atom is 0.155 e. The predicted molar refractivity (Wildman–Crippen MR) is 151 cm³/mol. The molecule has 7 nitrogen and oxygen atoms in total. The van der Waals surface area contributed by atoms with Crippen LogP contribution in [0.25, 0.3) is 27.6 Å². The zero-order valence-electron chi connectivity index (χ0n) is 20.0. The first-order valence-electron chi connectivity index (χ1n) is 11.1. The molecule has 0 bridgehead atoms. The summed E-state index contributed by atoms with van der Waals surface area (Å²) in [6.07, 6.45) is 9.29. The van der Waals surface area contributed by atoms with Crippen LogP contribution in [0.2, 0.25) is 15.2 Å². The van der Waals surface area contributed by atoms with E-state index in [1.807, 2.05) is 54.7 Å². The molecule has 5 aromatic rings. The Morgan fingerprint density at radius 2 is 1.46 bits per heavy atom. The van der Waals surface area contributed by atoms with Crippen LogP contribution in [0, 0.1) is 0 Å². The fraction of sp³-hybridized carbons (Fsp3) is 0.111. The maximum absolute atomic E-state index is 6.25. The molecular formula is C27H22Cl3N5O2. The Balaban J connectivity index is 0.000000149. The van der Waals surface area contributed by atoms with Gasteiger partial charge in [-0.3, -0.25) is 4.99 Å². The largest absolute Gasteiger partial charge is 0.497 e. The Labute approximate surface area is 228 Å². The first-order valence-corrected chi connectivity index (χ1v) is 12.2. The number of pyridine rings is 2. The van der Waals surface area contributed by atoms with Gasteiger partial charge in [-0.25, -0.2) is 14.6 Å². The van der Waals surface area contributed by atoms with Crippen molar-refractivity contribution in [3.05, 3.63) is 94.3 Å². The van der Waals surface area contributed by atoms with Crippen molar-refractivity contribution in [2.45, 2.75) is 0 Å². The van der Waals surface area contributed by atoms with Crippen LogP contribution < -0.4 is 9.47 Å². The molecule has 1 aliphatic heterocycles. The van der Waals surface area contributed by atoms with Crippen molar-refractivity contribution in [2.75, 3.05) is 20.8 Å². The number of benzene rings is 2. The van der Waals surface area contributed by atoms with Crippen LogP contribution in [0.4, 0.5) is 0 Å². The highest BCUT2D eigenvalue weighted by Gasteiger charge is 2.07. The molecule has 0 saturated heterocycles. The van der Waals surface area contributed by atoms with Gasteiger partial charge >= 0.3 is 0 Å². The number of aromatic nitrogens is 4. The quantitative estimate of drug-likeness (QED) is 0.219.